The highest BCUT2D eigenvalue weighted by atomic mass is 32.2. The van der Waals surface area contributed by atoms with E-state index in [0.29, 0.717) is 25.9 Å². The van der Waals surface area contributed by atoms with Crippen LogP contribution < -0.4 is 4.72 Å². The predicted octanol–water partition coefficient (Wildman–Crippen LogP) is 0.847. The highest BCUT2D eigenvalue weighted by molar-refractivity contribution is 7.90. The molecule has 7 heteroatoms. The van der Waals surface area contributed by atoms with Crippen molar-refractivity contribution in [3.8, 4) is 0 Å². The Hall–Kier alpha value is -0.820. The fraction of sp³-hybridized carbons (Fsp3) is 0.900. The van der Waals surface area contributed by atoms with Crippen LogP contribution in [-0.4, -0.2) is 48.4 Å². The first-order chi connectivity index (χ1) is 7.63. The van der Waals surface area contributed by atoms with Gasteiger partial charge in [-0.2, -0.15) is 0 Å². The quantitative estimate of drug-likeness (QED) is 0.774. The third kappa shape index (κ3) is 3.57. The molecule has 2 N–H and O–H groups in total. The normalized spacial score (nSPS) is 19.4. The minimum absolute atomic E-state index is 0.158. The van der Waals surface area contributed by atoms with Crippen molar-refractivity contribution >= 4 is 16.1 Å². The van der Waals surface area contributed by atoms with E-state index in [-0.39, 0.29) is 6.04 Å². The molecular weight excluding hydrogens is 244 g/mol. The molecule has 0 spiro atoms. The third-order valence-corrected chi connectivity index (χ3v) is 5.15. The van der Waals surface area contributed by atoms with E-state index >= 15 is 0 Å². The lowest BCUT2D eigenvalue weighted by Crippen LogP contribution is -2.50. The van der Waals surface area contributed by atoms with Crippen LogP contribution in [0.3, 0.4) is 0 Å². The lowest BCUT2D eigenvalue weighted by molar-refractivity contribution is 0.131. The average molecular weight is 264 g/mol. The summed E-state index contributed by atoms with van der Waals surface area (Å²) in [4.78, 5) is 12.0. The van der Waals surface area contributed by atoms with Crippen molar-refractivity contribution in [3.63, 3.8) is 0 Å². The summed E-state index contributed by atoms with van der Waals surface area (Å²) in [6.07, 6.45) is 0.116. The zero-order chi connectivity index (χ0) is 13.3. The second-order valence-electron chi connectivity index (χ2n) is 5.28. The van der Waals surface area contributed by atoms with Gasteiger partial charge in [-0.15, -0.1) is 0 Å². The molecule has 1 fully saturated rings. The molecule has 17 heavy (non-hydrogen) atoms. The number of carbonyl (C=O) groups is 1. The van der Waals surface area contributed by atoms with Crippen molar-refractivity contribution in [3.05, 3.63) is 0 Å². The third-order valence-electron chi connectivity index (χ3n) is 2.89. The van der Waals surface area contributed by atoms with Crippen LogP contribution in [0.25, 0.3) is 0 Å². The van der Waals surface area contributed by atoms with Gasteiger partial charge in [-0.1, -0.05) is 0 Å². The van der Waals surface area contributed by atoms with Gasteiger partial charge in [-0.3, -0.25) is 0 Å². The molecule has 1 rings (SSSR count). The minimum atomic E-state index is -3.35. The Balaban J connectivity index is 2.55. The van der Waals surface area contributed by atoms with Crippen molar-refractivity contribution in [1.82, 2.24) is 9.62 Å². The first-order valence-corrected chi connectivity index (χ1v) is 7.11. The number of nitrogens with zero attached hydrogens (tertiary/aromatic N) is 1. The number of sulfonamides is 1. The molecule has 0 unspecified atom stereocenters. The molecule has 0 saturated carbocycles. The summed E-state index contributed by atoms with van der Waals surface area (Å²) in [5.74, 6) is 0. The number of hydrogen-bond donors (Lipinski definition) is 2. The van der Waals surface area contributed by atoms with E-state index in [4.69, 9.17) is 5.11 Å². The van der Waals surface area contributed by atoms with Crippen LogP contribution in [0.2, 0.25) is 0 Å². The van der Waals surface area contributed by atoms with E-state index in [1.54, 1.807) is 20.8 Å². The van der Waals surface area contributed by atoms with Crippen LogP contribution in [0.1, 0.15) is 33.6 Å². The molecule has 0 aromatic carbocycles. The van der Waals surface area contributed by atoms with E-state index in [9.17, 15) is 13.2 Å². The van der Waals surface area contributed by atoms with Crippen LogP contribution in [0, 0.1) is 0 Å². The second-order valence-corrected chi connectivity index (χ2v) is 7.74. The highest BCUT2D eigenvalue weighted by Gasteiger charge is 2.32. The molecule has 100 valence electrons. The fourth-order valence-corrected chi connectivity index (χ4v) is 2.61. The number of likely N-dealkylation sites (tertiary alicyclic amines) is 1. The lowest BCUT2D eigenvalue weighted by atomic mass is 10.1. The molecule has 0 aromatic heterocycles. The van der Waals surface area contributed by atoms with Gasteiger partial charge in [0.15, 0.2) is 0 Å². The number of carboxylic acid groups (broad SMARTS) is 1. The minimum Gasteiger partial charge on any atom is -0.465 e. The topological polar surface area (TPSA) is 86.7 Å². The molecule has 1 aliphatic rings. The Morgan fingerprint density at radius 2 is 1.76 bits per heavy atom. The van der Waals surface area contributed by atoms with Crippen LogP contribution >= 0.6 is 0 Å². The average Bonchev–Trinajstić information content (AvgIpc) is 2.16. The van der Waals surface area contributed by atoms with Crippen molar-refractivity contribution in [1.29, 1.82) is 0 Å². The van der Waals surface area contributed by atoms with Gasteiger partial charge < -0.3 is 10.0 Å². The molecular formula is C10H20N2O4S. The largest absolute Gasteiger partial charge is 0.465 e. The molecule has 1 amide bonds. The van der Waals surface area contributed by atoms with Gasteiger partial charge >= 0.3 is 6.09 Å². The smallest absolute Gasteiger partial charge is 0.407 e. The molecule has 0 radical (unpaired) electrons. The van der Waals surface area contributed by atoms with Crippen LogP contribution in [0.5, 0.6) is 0 Å². The summed E-state index contributed by atoms with van der Waals surface area (Å²) in [6, 6.07) is -0.158. The summed E-state index contributed by atoms with van der Waals surface area (Å²) in [6.45, 7) is 5.68. The van der Waals surface area contributed by atoms with Crippen molar-refractivity contribution in [2.24, 2.45) is 0 Å². The predicted molar refractivity (Wildman–Crippen MR) is 64.4 cm³/mol. The Bertz CT molecular complexity index is 378. The Labute approximate surface area is 102 Å². The van der Waals surface area contributed by atoms with E-state index in [1.807, 2.05) is 0 Å². The van der Waals surface area contributed by atoms with Gasteiger partial charge in [0.2, 0.25) is 10.0 Å². The summed E-state index contributed by atoms with van der Waals surface area (Å²) in [7, 11) is -3.35. The van der Waals surface area contributed by atoms with Crippen molar-refractivity contribution < 1.29 is 18.3 Å². The SMILES string of the molecule is CC(C)(C)S(=O)(=O)NC1CCN(C(=O)O)CC1. The number of amides is 1. The number of nitrogens with one attached hydrogen (secondary N) is 1. The Kier molecular flexibility index (Phi) is 4.03. The van der Waals surface area contributed by atoms with Gasteiger partial charge in [-0.05, 0) is 33.6 Å². The van der Waals surface area contributed by atoms with Crippen LogP contribution in [0.15, 0.2) is 0 Å². The van der Waals surface area contributed by atoms with E-state index < -0.39 is 20.9 Å². The van der Waals surface area contributed by atoms with Crippen molar-refractivity contribution in [2.75, 3.05) is 13.1 Å². The first-order valence-electron chi connectivity index (χ1n) is 5.63. The summed E-state index contributed by atoms with van der Waals surface area (Å²) in [5.41, 5.74) is 0. The molecule has 1 heterocycles. The highest BCUT2D eigenvalue weighted by Crippen LogP contribution is 2.17. The molecule has 0 aromatic rings. The maximum atomic E-state index is 11.9. The summed E-state index contributed by atoms with van der Waals surface area (Å²) in [5, 5.41) is 8.77. The molecule has 6 nitrogen and oxygen atoms in total. The number of piperidine rings is 1. The lowest BCUT2D eigenvalue weighted by Gasteiger charge is -2.32. The van der Waals surface area contributed by atoms with E-state index in [2.05, 4.69) is 4.72 Å². The van der Waals surface area contributed by atoms with Crippen LogP contribution in [-0.2, 0) is 10.0 Å². The summed E-state index contributed by atoms with van der Waals surface area (Å²) >= 11 is 0. The molecule has 0 aliphatic carbocycles. The van der Waals surface area contributed by atoms with E-state index in [0.717, 1.165) is 0 Å². The Morgan fingerprint density at radius 3 is 2.12 bits per heavy atom. The summed E-state index contributed by atoms with van der Waals surface area (Å²) < 4.78 is 25.6. The number of rotatable bonds is 2. The second kappa shape index (κ2) is 4.81. The van der Waals surface area contributed by atoms with Crippen LogP contribution in [0.4, 0.5) is 4.79 Å². The fourth-order valence-electron chi connectivity index (χ4n) is 1.58. The molecule has 1 aliphatic heterocycles. The van der Waals surface area contributed by atoms with Gasteiger partial charge in [-0.25, -0.2) is 17.9 Å². The Morgan fingerprint density at radius 1 is 1.29 bits per heavy atom. The zero-order valence-electron chi connectivity index (χ0n) is 10.4. The van der Waals surface area contributed by atoms with Crippen molar-refractivity contribution in [2.45, 2.75) is 44.4 Å². The molecule has 1 saturated heterocycles. The van der Waals surface area contributed by atoms with E-state index in [1.165, 1.54) is 4.90 Å². The molecule has 0 atom stereocenters. The van der Waals surface area contributed by atoms with Gasteiger partial charge in [0.05, 0.1) is 4.75 Å². The maximum Gasteiger partial charge on any atom is 0.407 e. The van der Waals surface area contributed by atoms with Gasteiger partial charge in [0.1, 0.15) is 0 Å². The molecule has 0 bridgehead atoms. The monoisotopic (exact) mass is 264 g/mol. The first kappa shape index (κ1) is 14.2. The van der Waals surface area contributed by atoms with Gasteiger partial charge in [0, 0.05) is 19.1 Å². The van der Waals surface area contributed by atoms with Gasteiger partial charge in [0.25, 0.3) is 0 Å². The zero-order valence-corrected chi connectivity index (χ0v) is 11.2. The number of hydrogen-bond acceptors (Lipinski definition) is 3. The standard InChI is InChI=1S/C10H20N2O4S/c1-10(2,3)17(15,16)11-8-4-6-12(7-5-8)9(13)14/h8,11H,4-7H2,1-3H3,(H,13,14). The maximum absolute atomic E-state index is 11.9.